The number of carbonyl (C=O) groups excluding carboxylic acids is 1. The SMILES string of the molecule is COc1cc(N)c(Cl)cc1C(=O)NC1C2CCN(CC2)[C@@H]1C. The maximum atomic E-state index is 12.7. The second-order valence-corrected chi connectivity index (χ2v) is 6.59. The van der Waals surface area contributed by atoms with Crippen LogP contribution < -0.4 is 15.8 Å². The first-order valence-corrected chi connectivity index (χ1v) is 8.07. The smallest absolute Gasteiger partial charge is 0.255 e. The number of fused-ring (bicyclic) bond motifs is 3. The van der Waals surface area contributed by atoms with E-state index in [-0.39, 0.29) is 11.9 Å². The molecule has 3 heterocycles. The number of piperidine rings is 3. The van der Waals surface area contributed by atoms with Crippen molar-refractivity contribution in [2.75, 3.05) is 25.9 Å². The number of hydrogen-bond donors (Lipinski definition) is 2. The molecule has 2 bridgehead atoms. The molecule has 1 unspecified atom stereocenters. The minimum Gasteiger partial charge on any atom is -0.496 e. The summed E-state index contributed by atoms with van der Waals surface area (Å²) >= 11 is 6.05. The van der Waals surface area contributed by atoms with Gasteiger partial charge in [-0.15, -0.1) is 0 Å². The molecule has 0 radical (unpaired) electrons. The van der Waals surface area contributed by atoms with Gasteiger partial charge in [-0.2, -0.15) is 0 Å². The summed E-state index contributed by atoms with van der Waals surface area (Å²) in [6.45, 7) is 4.45. The Morgan fingerprint density at radius 3 is 2.68 bits per heavy atom. The van der Waals surface area contributed by atoms with Crippen LogP contribution in [-0.2, 0) is 0 Å². The molecule has 0 spiro atoms. The first-order chi connectivity index (χ1) is 10.5. The van der Waals surface area contributed by atoms with Crippen molar-refractivity contribution in [1.82, 2.24) is 10.2 Å². The molecule has 1 aromatic rings. The first-order valence-electron chi connectivity index (χ1n) is 7.69. The van der Waals surface area contributed by atoms with Gasteiger partial charge in [-0.05, 0) is 44.8 Å². The highest BCUT2D eigenvalue weighted by Crippen LogP contribution is 2.33. The lowest BCUT2D eigenvalue weighted by Gasteiger charge is -2.49. The van der Waals surface area contributed by atoms with E-state index in [0.29, 0.717) is 34.0 Å². The number of hydrogen-bond acceptors (Lipinski definition) is 4. The number of carbonyl (C=O) groups is 1. The summed E-state index contributed by atoms with van der Waals surface area (Å²) in [6.07, 6.45) is 2.30. The highest BCUT2D eigenvalue weighted by Gasteiger charge is 2.40. The fourth-order valence-electron chi connectivity index (χ4n) is 3.69. The molecule has 0 aliphatic carbocycles. The third-order valence-corrected chi connectivity index (χ3v) is 5.37. The third-order valence-electron chi connectivity index (χ3n) is 5.04. The van der Waals surface area contributed by atoms with Gasteiger partial charge in [-0.1, -0.05) is 11.6 Å². The average molecular weight is 324 g/mol. The Kier molecular flexibility index (Phi) is 4.19. The van der Waals surface area contributed by atoms with Gasteiger partial charge in [-0.3, -0.25) is 9.69 Å². The van der Waals surface area contributed by atoms with E-state index >= 15 is 0 Å². The van der Waals surface area contributed by atoms with Crippen LogP contribution in [0.3, 0.4) is 0 Å². The lowest BCUT2D eigenvalue weighted by Crippen LogP contribution is -2.62. The second kappa shape index (κ2) is 5.97. The van der Waals surface area contributed by atoms with Gasteiger partial charge in [0.05, 0.1) is 23.4 Å². The van der Waals surface area contributed by atoms with Gasteiger partial charge in [0.2, 0.25) is 0 Å². The molecule has 5 nitrogen and oxygen atoms in total. The highest BCUT2D eigenvalue weighted by atomic mass is 35.5. The van der Waals surface area contributed by atoms with E-state index in [9.17, 15) is 4.79 Å². The molecule has 0 saturated carbocycles. The van der Waals surface area contributed by atoms with E-state index in [0.717, 1.165) is 25.9 Å². The number of nitrogens with one attached hydrogen (secondary N) is 1. The van der Waals surface area contributed by atoms with E-state index < -0.39 is 0 Å². The number of anilines is 1. The summed E-state index contributed by atoms with van der Waals surface area (Å²) in [5.41, 5.74) is 6.61. The van der Waals surface area contributed by atoms with Crippen LogP contribution in [0.5, 0.6) is 5.75 Å². The highest BCUT2D eigenvalue weighted by molar-refractivity contribution is 6.33. The molecule has 120 valence electrons. The van der Waals surface area contributed by atoms with Crippen LogP contribution in [0.1, 0.15) is 30.1 Å². The van der Waals surface area contributed by atoms with Crippen LogP contribution in [0.25, 0.3) is 0 Å². The number of nitrogens with two attached hydrogens (primary N) is 1. The van der Waals surface area contributed by atoms with Crippen molar-refractivity contribution in [3.05, 3.63) is 22.7 Å². The van der Waals surface area contributed by atoms with Crippen LogP contribution in [0.2, 0.25) is 5.02 Å². The van der Waals surface area contributed by atoms with Gasteiger partial charge in [0.1, 0.15) is 5.75 Å². The predicted molar refractivity (Wildman–Crippen MR) is 87.4 cm³/mol. The average Bonchev–Trinajstić information content (AvgIpc) is 2.53. The fourth-order valence-corrected chi connectivity index (χ4v) is 3.85. The van der Waals surface area contributed by atoms with E-state index in [1.807, 2.05) is 0 Å². The molecule has 3 N–H and O–H groups in total. The monoisotopic (exact) mass is 323 g/mol. The van der Waals surface area contributed by atoms with Crippen molar-refractivity contribution in [2.45, 2.75) is 31.8 Å². The minimum atomic E-state index is -0.149. The molecule has 0 aromatic heterocycles. The Morgan fingerprint density at radius 1 is 1.41 bits per heavy atom. The minimum absolute atomic E-state index is 0.149. The Hall–Kier alpha value is -1.46. The molecule has 1 aromatic carbocycles. The van der Waals surface area contributed by atoms with E-state index in [1.54, 1.807) is 12.1 Å². The third kappa shape index (κ3) is 2.63. The number of amides is 1. The predicted octanol–water partition coefficient (Wildman–Crippen LogP) is 2.14. The van der Waals surface area contributed by atoms with Crippen LogP contribution >= 0.6 is 11.6 Å². The van der Waals surface area contributed by atoms with Gasteiger partial charge in [0.25, 0.3) is 5.91 Å². The largest absolute Gasteiger partial charge is 0.496 e. The molecule has 4 rings (SSSR count). The van der Waals surface area contributed by atoms with Crippen LogP contribution in [0.15, 0.2) is 12.1 Å². The molecule has 3 fully saturated rings. The summed E-state index contributed by atoms with van der Waals surface area (Å²) in [6, 6.07) is 3.72. The molecule has 3 aliphatic heterocycles. The maximum Gasteiger partial charge on any atom is 0.255 e. The molecule has 3 saturated heterocycles. The zero-order chi connectivity index (χ0) is 15.9. The van der Waals surface area contributed by atoms with Crippen LogP contribution in [0, 0.1) is 5.92 Å². The molecule has 1 amide bonds. The summed E-state index contributed by atoms with van der Waals surface area (Å²) in [4.78, 5) is 15.1. The lowest BCUT2D eigenvalue weighted by atomic mass is 9.79. The number of halogens is 1. The zero-order valence-electron chi connectivity index (χ0n) is 12.9. The Labute approximate surface area is 135 Å². The molecule has 22 heavy (non-hydrogen) atoms. The number of ether oxygens (including phenoxy) is 1. The van der Waals surface area contributed by atoms with E-state index in [4.69, 9.17) is 22.1 Å². The van der Waals surface area contributed by atoms with Crippen molar-refractivity contribution in [2.24, 2.45) is 5.92 Å². The zero-order valence-corrected chi connectivity index (χ0v) is 13.7. The Balaban J connectivity index is 1.81. The van der Waals surface area contributed by atoms with Crippen LogP contribution in [0.4, 0.5) is 5.69 Å². The standard InChI is InChI=1S/C16H22ClN3O2/c1-9-15(10-3-5-20(9)6-4-10)19-16(21)11-7-12(17)13(18)8-14(11)22-2/h7-10,15H,3-6,18H2,1-2H3,(H,19,21)/t9-,15?/m1/s1. The van der Waals surface area contributed by atoms with Crippen molar-refractivity contribution >= 4 is 23.2 Å². The van der Waals surface area contributed by atoms with Crippen molar-refractivity contribution in [3.8, 4) is 5.75 Å². The quantitative estimate of drug-likeness (QED) is 0.836. The number of benzene rings is 1. The second-order valence-electron chi connectivity index (χ2n) is 6.19. The van der Waals surface area contributed by atoms with Gasteiger partial charge in [-0.25, -0.2) is 0 Å². The Morgan fingerprint density at radius 2 is 2.09 bits per heavy atom. The topological polar surface area (TPSA) is 67.6 Å². The summed E-state index contributed by atoms with van der Waals surface area (Å²) in [7, 11) is 1.52. The normalized spacial score (nSPS) is 30.1. The number of rotatable bonds is 3. The van der Waals surface area contributed by atoms with Crippen molar-refractivity contribution in [3.63, 3.8) is 0 Å². The van der Waals surface area contributed by atoms with Gasteiger partial charge in [0, 0.05) is 18.2 Å². The number of methoxy groups -OCH3 is 1. The molecule has 6 heteroatoms. The number of nitrogens with zero attached hydrogens (tertiary/aromatic N) is 1. The summed E-state index contributed by atoms with van der Waals surface area (Å²) in [5, 5.41) is 3.55. The summed E-state index contributed by atoms with van der Waals surface area (Å²) < 4.78 is 5.27. The fraction of sp³-hybridized carbons (Fsp3) is 0.562. The molecule has 3 aliphatic rings. The van der Waals surface area contributed by atoms with Gasteiger partial charge in [0.15, 0.2) is 0 Å². The van der Waals surface area contributed by atoms with E-state index in [2.05, 4.69) is 17.1 Å². The van der Waals surface area contributed by atoms with Crippen LogP contribution in [-0.4, -0.2) is 43.1 Å². The number of nitrogen functional groups attached to an aromatic ring is 1. The molecule has 2 atom stereocenters. The Bertz CT molecular complexity index is 583. The summed E-state index contributed by atoms with van der Waals surface area (Å²) in [5.74, 6) is 0.858. The van der Waals surface area contributed by atoms with Crippen molar-refractivity contribution in [1.29, 1.82) is 0 Å². The van der Waals surface area contributed by atoms with Gasteiger partial charge >= 0.3 is 0 Å². The van der Waals surface area contributed by atoms with E-state index in [1.165, 1.54) is 7.11 Å². The van der Waals surface area contributed by atoms with Gasteiger partial charge < -0.3 is 15.8 Å². The molecular formula is C16H22ClN3O2. The maximum absolute atomic E-state index is 12.7. The lowest BCUT2D eigenvalue weighted by molar-refractivity contribution is 0.0216. The first kappa shape index (κ1) is 15.4. The van der Waals surface area contributed by atoms with Crippen molar-refractivity contribution < 1.29 is 9.53 Å². The molecular weight excluding hydrogens is 302 g/mol.